The van der Waals surface area contributed by atoms with Crippen LogP contribution in [0.4, 0.5) is 5.69 Å². The molecule has 1 aromatic rings. The number of nitrogens with one attached hydrogen (secondary N) is 1. The lowest BCUT2D eigenvalue weighted by Gasteiger charge is -2.12. The molecule has 3 N–H and O–H groups in total. The van der Waals surface area contributed by atoms with Crippen LogP contribution in [-0.2, 0) is 16.4 Å². The summed E-state index contributed by atoms with van der Waals surface area (Å²) in [5.74, 6) is 0. The monoisotopic (exact) mass is 243 g/mol. The first-order chi connectivity index (χ1) is 7.33. The average molecular weight is 243 g/mol. The molecule has 1 rings (SSSR count). The Morgan fingerprint density at radius 1 is 1.50 bits per heavy atom. The number of pyridine rings is 1. The van der Waals surface area contributed by atoms with Crippen LogP contribution in [0.5, 0.6) is 0 Å². The molecule has 1 heterocycles. The third-order valence-corrected chi connectivity index (χ3v) is 2.68. The third kappa shape index (κ3) is 3.46. The van der Waals surface area contributed by atoms with Gasteiger partial charge in [-0.25, -0.2) is 8.42 Å². The van der Waals surface area contributed by atoms with Gasteiger partial charge in [0.05, 0.1) is 23.3 Å². The summed E-state index contributed by atoms with van der Waals surface area (Å²) in [5.41, 5.74) is 7.70. The van der Waals surface area contributed by atoms with Crippen molar-refractivity contribution in [2.45, 2.75) is 26.3 Å². The number of nitrogens with two attached hydrogens (primary N) is 1. The Labute approximate surface area is 96.1 Å². The SMILES string of the molecule is CCc1nc(C(C)N)ccc1NS(C)(=O)=O. The van der Waals surface area contributed by atoms with Crippen LogP contribution in [0, 0.1) is 0 Å². The molecule has 0 radical (unpaired) electrons. The molecule has 1 aromatic heterocycles. The highest BCUT2D eigenvalue weighted by Gasteiger charge is 2.10. The highest BCUT2D eigenvalue weighted by molar-refractivity contribution is 7.92. The molecule has 16 heavy (non-hydrogen) atoms. The zero-order valence-electron chi connectivity index (χ0n) is 9.69. The van der Waals surface area contributed by atoms with Crippen molar-refractivity contribution in [3.8, 4) is 0 Å². The Hall–Kier alpha value is -1.14. The number of aromatic nitrogens is 1. The maximum absolute atomic E-state index is 11.1. The molecule has 90 valence electrons. The largest absolute Gasteiger partial charge is 0.323 e. The maximum Gasteiger partial charge on any atom is 0.229 e. The van der Waals surface area contributed by atoms with E-state index in [-0.39, 0.29) is 6.04 Å². The van der Waals surface area contributed by atoms with Crippen LogP contribution in [0.15, 0.2) is 12.1 Å². The average Bonchev–Trinajstić information content (AvgIpc) is 2.15. The van der Waals surface area contributed by atoms with Gasteiger partial charge in [-0.05, 0) is 25.5 Å². The smallest absolute Gasteiger partial charge is 0.229 e. The zero-order chi connectivity index (χ0) is 12.3. The van der Waals surface area contributed by atoms with Crippen LogP contribution in [0.25, 0.3) is 0 Å². The topological polar surface area (TPSA) is 85.1 Å². The van der Waals surface area contributed by atoms with Gasteiger partial charge in [0, 0.05) is 6.04 Å². The number of hydrogen-bond donors (Lipinski definition) is 2. The fourth-order valence-electron chi connectivity index (χ4n) is 1.33. The predicted molar refractivity (Wildman–Crippen MR) is 64.7 cm³/mol. The molecule has 0 saturated heterocycles. The van der Waals surface area contributed by atoms with E-state index < -0.39 is 10.0 Å². The van der Waals surface area contributed by atoms with Gasteiger partial charge in [0.15, 0.2) is 0 Å². The summed E-state index contributed by atoms with van der Waals surface area (Å²) in [6.45, 7) is 3.76. The van der Waals surface area contributed by atoms with E-state index in [1.807, 2.05) is 13.8 Å². The second kappa shape index (κ2) is 4.80. The summed E-state index contributed by atoms with van der Waals surface area (Å²) in [7, 11) is -3.26. The quantitative estimate of drug-likeness (QED) is 0.827. The molecule has 0 fully saturated rings. The van der Waals surface area contributed by atoms with E-state index in [9.17, 15) is 8.42 Å². The summed E-state index contributed by atoms with van der Waals surface area (Å²) in [6.07, 6.45) is 1.77. The number of nitrogens with zero attached hydrogens (tertiary/aromatic N) is 1. The van der Waals surface area contributed by atoms with Crippen LogP contribution < -0.4 is 10.5 Å². The molecular weight excluding hydrogens is 226 g/mol. The maximum atomic E-state index is 11.1. The van der Waals surface area contributed by atoms with E-state index in [1.165, 1.54) is 0 Å². The number of anilines is 1. The van der Waals surface area contributed by atoms with Crippen molar-refractivity contribution in [3.05, 3.63) is 23.5 Å². The Kier molecular flexibility index (Phi) is 3.88. The number of rotatable bonds is 4. The molecule has 0 amide bonds. The normalized spacial score (nSPS) is 13.5. The van der Waals surface area contributed by atoms with E-state index >= 15 is 0 Å². The number of sulfonamides is 1. The Morgan fingerprint density at radius 2 is 2.12 bits per heavy atom. The first-order valence-electron chi connectivity index (χ1n) is 5.06. The zero-order valence-corrected chi connectivity index (χ0v) is 10.5. The summed E-state index contributed by atoms with van der Waals surface area (Å²) < 4.78 is 24.7. The van der Waals surface area contributed by atoms with E-state index in [4.69, 9.17) is 5.73 Å². The molecule has 6 heteroatoms. The standard InChI is InChI=1S/C10H17N3O2S/c1-4-8-10(13-16(3,14)15)6-5-9(12-8)7(2)11/h5-7,13H,4,11H2,1-3H3. The summed E-state index contributed by atoms with van der Waals surface area (Å²) >= 11 is 0. The lowest BCUT2D eigenvalue weighted by molar-refractivity contribution is 0.606. The minimum absolute atomic E-state index is 0.155. The van der Waals surface area contributed by atoms with Gasteiger partial charge in [-0.2, -0.15) is 0 Å². The molecule has 0 saturated carbocycles. The van der Waals surface area contributed by atoms with Crippen LogP contribution in [0.3, 0.4) is 0 Å². The van der Waals surface area contributed by atoms with Gasteiger partial charge in [-0.3, -0.25) is 9.71 Å². The van der Waals surface area contributed by atoms with Gasteiger partial charge in [0.2, 0.25) is 10.0 Å². The summed E-state index contributed by atoms with van der Waals surface area (Å²) in [4.78, 5) is 4.32. The molecule has 5 nitrogen and oxygen atoms in total. The van der Waals surface area contributed by atoms with Crippen molar-refractivity contribution in [3.63, 3.8) is 0 Å². The lowest BCUT2D eigenvalue weighted by atomic mass is 10.2. The molecule has 0 aliphatic heterocycles. The van der Waals surface area contributed by atoms with Crippen LogP contribution in [0.1, 0.15) is 31.3 Å². The first kappa shape index (κ1) is 12.9. The van der Waals surface area contributed by atoms with Crippen LogP contribution in [-0.4, -0.2) is 19.7 Å². The van der Waals surface area contributed by atoms with E-state index in [2.05, 4.69) is 9.71 Å². The van der Waals surface area contributed by atoms with Crippen molar-refractivity contribution >= 4 is 15.7 Å². The molecule has 0 aliphatic rings. The summed E-state index contributed by atoms with van der Waals surface area (Å²) in [5, 5.41) is 0. The third-order valence-electron chi connectivity index (χ3n) is 2.09. The Balaban J connectivity index is 3.12. The van der Waals surface area contributed by atoms with Crippen molar-refractivity contribution in [1.29, 1.82) is 0 Å². The molecule has 0 aromatic carbocycles. The Bertz CT molecular complexity index is 469. The summed E-state index contributed by atoms with van der Waals surface area (Å²) in [6, 6.07) is 3.28. The lowest BCUT2D eigenvalue weighted by Crippen LogP contribution is -2.14. The van der Waals surface area contributed by atoms with E-state index in [0.29, 0.717) is 17.8 Å². The van der Waals surface area contributed by atoms with Gasteiger partial charge in [-0.1, -0.05) is 6.92 Å². The van der Waals surface area contributed by atoms with E-state index in [1.54, 1.807) is 12.1 Å². The molecular formula is C10H17N3O2S. The van der Waals surface area contributed by atoms with Gasteiger partial charge in [0.1, 0.15) is 0 Å². The van der Waals surface area contributed by atoms with Gasteiger partial charge in [0.25, 0.3) is 0 Å². The Morgan fingerprint density at radius 3 is 2.56 bits per heavy atom. The molecule has 1 unspecified atom stereocenters. The first-order valence-corrected chi connectivity index (χ1v) is 6.96. The van der Waals surface area contributed by atoms with Gasteiger partial charge in [-0.15, -0.1) is 0 Å². The molecule has 0 spiro atoms. The minimum Gasteiger partial charge on any atom is -0.323 e. The van der Waals surface area contributed by atoms with Crippen molar-refractivity contribution in [1.82, 2.24) is 4.98 Å². The number of hydrogen-bond acceptors (Lipinski definition) is 4. The highest BCUT2D eigenvalue weighted by Crippen LogP contribution is 2.18. The highest BCUT2D eigenvalue weighted by atomic mass is 32.2. The fraction of sp³-hybridized carbons (Fsp3) is 0.500. The van der Waals surface area contributed by atoms with Gasteiger partial charge >= 0.3 is 0 Å². The van der Waals surface area contributed by atoms with Crippen LogP contribution >= 0.6 is 0 Å². The fourth-order valence-corrected chi connectivity index (χ4v) is 1.92. The van der Waals surface area contributed by atoms with Crippen molar-refractivity contribution in [2.24, 2.45) is 5.73 Å². The predicted octanol–water partition coefficient (Wildman–Crippen LogP) is 1.04. The van der Waals surface area contributed by atoms with Crippen LogP contribution in [0.2, 0.25) is 0 Å². The molecule has 0 aliphatic carbocycles. The number of aryl methyl sites for hydroxylation is 1. The minimum atomic E-state index is -3.26. The molecule has 0 bridgehead atoms. The van der Waals surface area contributed by atoms with Gasteiger partial charge < -0.3 is 5.73 Å². The van der Waals surface area contributed by atoms with Crippen molar-refractivity contribution in [2.75, 3.05) is 11.0 Å². The van der Waals surface area contributed by atoms with Crippen molar-refractivity contribution < 1.29 is 8.42 Å². The second-order valence-corrected chi connectivity index (χ2v) is 5.50. The molecule has 1 atom stereocenters. The van der Waals surface area contributed by atoms with E-state index in [0.717, 1.165) is 11.9 Å². The second-order valence-electron chi connectivity index (χ2n) is 3.75.